The zero-order valence-electron chi connectivity index (χ0n) is 28.1. The monoisotopic (exact) mass is 651 g/mol. The Morgan fingerprint density at radius 1 is 0.896 bits per heavy atom. The normalized spacial score (nSPS) is 14.4. The molecule has 0 spiro atoms. The first kappa shape index (κ1) is 34.4. The molecular formula is C38H45N5O5. The molecule has 2 atom stereocenters. The molecule has 48 heavy (non-hydrogen) atoms. The number of hydrogen-bond donors (Lipinski definition) is 3. The Bertz CT molecular complexity index is 1970. The molecule has 10 heteroatoms. The Kier molecular flexibility index (Phi) is 11.0. The highest BCUT2D eigenvalue weighted by Crippen LogP contribution is 2.38. The van der Waals surface area contributed by atoms with Crippen molar-refractivity contribution >= 4 is 17.1 Å². The van der Waals surface area contributed by atoms with Crippen molar-refractivity contribution in [2.75, 3.05) is 6.61 Å². The number of benzene rings is 3. The highest BCUT2D eigenvalue weighted by Gasteiger charge is 2.33. The molecule has 1 aliphatic rings. The van der Waals surface area contributed by atoms with Gasteiger partial charge in [0.2, 0.25) is 5.91 Å². The molecule has 252 valence electrons. The topological polar surface area (TPSA) is 131 Å². The number of phenolic OH excluding ortho intramolecular Hbond substituents is 1. The van der Waals surface area contributed by atoms with Crippen molar-refractivity contribution in [2.24, 2.45) is 20.0 Å². The lowest BCUT2D eigenvalue weighted by atomic mass is 9.83. The van der Waals surface area contributed by atoms with Crippen molar-refractivity contribution in [1.29, 1.82) is 0 Å². The van der Waals surface area contributed by atoms with Crippen LogP contribution in [0.15, 0.2) is 88.5 Å². The molecule has 10 nitrogen and oxygen atoms in total. The Labute approximate surface area is 280 Å². The highest BCUT2D eigenvalue weighted by atomic mass is 16.3. The molecule has 1 fully saturated rings. The summed E-state index contributed by atoms with van der Waals surface area (Å²) in [5.74, 6) is 0.407. The molecule has 6 rings (SSSR count). The number of phenols is 1. The molecule has 2 aromatic heterocycles. The molecule has 5 aromatic rings. The fourth-order valence-electron chi connectivity index (χ4n) is 6.75. The molecule has 0 saturated heterocycles. The first-order chi connectivity index (χ1) is 23.3. The summed E-state index contributed by atoms with van der Waals surface area (Å²) in [4.78, 5) is 44.7. The van der Waals surface area contributed by atoms with E-state index < -0.39 is 17.3 Å². The van der Waals surface area contributed by atoms with E-state index in [9.17, 15) is 24.6 Å². The average Bonchev–Trinajstić information content (AvgIpc) is 3.77. The minimum Gasteiger partial charge on any atom is -0.508 e. The van der Waals surface area contributed by atoms with E-state index in [0.717, 1.165) is 46.9 Å². The zero-order chi connectivity index (χ0) is 34.4. The van der Waals surface area contributed by atoms with Crippen molar-refractivity contribution in [3.63, 3.8) is 0 Å². The van der Waals surface area contributed by atoms with Gasteiger partial charge in [-0.25, -0.2) is 9.78 Å². The number of aromatic nitrogens is 4. The number of carbonyl (C=O) groups is 1. The molecule has 3 N–H and O–H groups in total. The maximum atomic E-state index is 13.8. The predicted molar refractivity (Wildman–Crippen MR) is 187 cm³/mol. The third-order valence-electron chi connectivity index (χ3n) is 9.30. The summed E-state index contributed by atoms with van der Waals surface area (Å²) in [6.07, 6.45) is 4.36. The summed E-state index contributed by atoms with van der Waals surface area (Å²) in [7, 11) is 3.04. The molecule has 2 heterocycles. The van der Waals surface area contributed by atoms with Crippen LogP contribution in [0.3, 0.4) is 0 Å². The lowest BCUT2D eigenvalue weighted by Crippen LogP contribution is -2.37. The van der Waals surface area contributed by atoms with Gasteiger partial charge in [-0.05, 0) is 41.5 Å². The predicted octanol–water partition coefficient (Wildman–Crippen LogP) is 4.93. The number of para-hydroxylation sites is 1. The van der Waals surface area contributed by atoms with Crippen LogP contribution in [0, 0.1) is 5.92 Å². The molecule has 1 unspecified atom stereocenters. The minimum atomic E-state index is -0.493. The van der Waals surface area contributed by atoms with Crippen LogP contribution in [0.4, 0.5) is 0 Å². The van der Waals surface area contributed by atoms with E-state index >= 15 is 0 Å². The number of nitrogens with zero attached hydrogens (tertiary/aromatic N) is 4. The van der Waals surface area contributed by atoms with Gasteiger partial charge >= 0.3 is 5.69 Å². The van der Waals surface area contributed by atoms with Gasteiger partial charge in [0.05, 0.1) is 18.6 Å². The Morgan fingerprint density at radius 2 is 1.54 bits per heavy atom. The van der Waals surface area contributed by atoms with Crippen LogP contribution in [0.25, 0.3) is 11.2 Å². The van der Waals surface area contributed by atoms with E-state index in [2.05, 4.69) is 5.32 Å². The number of fused-ring (bicyclic) bond motifs is 1. The van der Waals surface area contributed by atoms with E-state index in [1.165, 1.54) is 11.6 Å². The zero-order valence-corrected chi connectivity index (χ0v) is 28.1. The van der Waals surface area contributed by atoms with Crippen LogP contribution >= 0.6 is 0 Å². The van der Waals surface area contributed by atoms with Crippen LogP contribution in [0.1, 0.15) is 79.6 Å². The SMILES string of the molecule is CC.Cn1c(=O)c2c(nc(Cc3ccccc3O)n2Cc2ccc(C(C(=O)N[C@@H](CO)c3ccccc3)C3CCCC3)cc2)n(C)c1=O. The van der Waals surface area contributed by atoms with Gasteiger partial charge < -0.3 is 20.1 Å². The Morgan fingerprint density at radius 3 is 2.19 bits per heavy atom. The number of carbonyl (C=O) groups excluding carboxylic acids is 1. The number of nitrogens with one attached hydrogen (secondary N) is 1. The van der Waals surface area contributed by atoms with Crippen LogP contribution in [-0.2, 0) is 31.9 Å². The van der Waals surface area contributed by atoms with Gasteiger partial charge in [-0.1, -0.05) is 99.5 Å². The largest absolute Gasteiger partial charge is 0.508 e. The number of hydrogen-bond acceptors (Lipinski definition) is 6. The number of rotatable bonds is 10. The van der Waals surface area contributed by atoms with Gasteiger partial charge in [0.25, 0.3) is 5.56 Å². The number of aliphatic hydroxyl groups is 1. The molecule has 0 aliphatic heterocycles. The first-order valence-corrected chi connectivity index (χ1v) is 16.7. The molecule has 1 saturated carbocycles. The summed E-state index contributed by atoms with van der Waals surface area (Å²) in [5, 5.41) is 23.7. The van der Waals surface area contributed by atoms with Crippen molar-refractivity contribution in [1.82, 2.24) is 24.0 Å². The average molecular weight is 652 g/mol. The quantitative estimate of drug-likeness (QED) is 0.196. The van der Waals surface area contributed by atoms with E-state index in [0.29, 0.717) is 23.4 Å². The number of aryl methyl sites for hydroxylation is 1. The van der Waals surface area contributed by atoms with E-state index in [1.807, 2.05) is 79.1 Å². The van der Waals surface area contributed by atoms with Crippen LogP contribution in [0.5, 0.6) is 5.75 Å². The maximum absolute atomic E-state index is 13.8. The summed E-state index contributed by atoms with van der Waals surface area (Å²) in [5.41, 5.74) is 2.98. The molecule has 0 bridgehead atoms. The second kappa shape index (κ2) is 15.3. The molecule has 1 aliphatic carbocycles. The second-order valence-corrected chi connectivity index (χ2v) is 12.2. The summed E-state index contributed by atoms with van der Waals surface area (Å²) in [6.45, 7) is 4.10. The maximum Gasteiger partial charge on any atom is 0.332 e. The lowest BCUT2D eigenvalue weighted by Gasteiger charge is -2.26. The molecule has 0 radical (unpaired) electrons. The number of aromatic hydroxyl groups is 1. The minimum absolute atomic E-state index is 0.0995. The van der Waals surface area contributed by atoms with E-state index in [4.69, 9.17) is 4.98 Å². The van der Waals surface area contributed by atoms with Crippen LogP contribution in [0.2, 0.25) is 0 Å². The number of amides is 1. The van der Waals surface area contributed by atoms with E-state index in [-0.39, 0.29) is 42.2 Å². The van der Waals surface area contributed by atoms with Crippen molar-refractivity contribution in [2.45, 2.75) is 64.5 Å². The third kappa shape index (κ3) is 6.99. The molecule has 1 amide bonds. The standard InChI is InChI=1S/C36H39N5O5.C2H6/c1-39-33-32(35(45)40(2)36(39)46)41(30(38-33)20-27-14-8-9-15-29(27)43)21-23-16-18-26(19-17-23)31(25-12-6-7-13-25)34(44)37-28(22-42)24-10-4-3-5-11-24;1-2/h3-5,8-11,14-19,25,28,31,42-43H,6-7,12-13,20-22H2,1-2H3,(H,37,44);1-2H3/t28-,31?;/m0./s1. The number of imidazole rings is 1. The van der Waals surface area contributed by atoms with Crippen LogP contribution < -0.4 is 16.6 Å². The molecular weight excluding hydrogens is 606 g/mol. The summed E-state index contributed by atoms with van der Waals surface area (Å²) < 4.78 is 4.25. The highest BCUT2D eigenvalue weighted by molar-refractivity contribution is 5.84. The lowest BCUT2D eigenvalue weighted by molar-refractivity contribution is -0.124. The first-order valence-electron chi connectivity index (χ1n) is 16.7. The Balaban J connectivity index is 0.00000221. The smallest absolute Gasteiger partial charge is 0.332 e. The fourth-order valence-corrected chi connectivity index (χ4v) is 6.75. The van der Waals surface area contributed by atoms with Gasteiger partial charge in [0.1, 0.15) is 11.6 Å². The fraction of sp³-hybridized carbons (Fsp3) is 0.368. The molecule has 3 aromatic carbocycles. The van der Waals surface area contributed by atoms with Gasteiger partial charge in [-0.15, -0.1) is 0 Å². The van der Waals surface area contributed by atoms with Crippen molar-refractivity contribution in [3.8, 4) is 5.75 Å². The van der Waals surface area contributed by atoms with Crippen LogP contribution in [-0.4, -0.2) is 41.4 Å². The van der Waals surface area contributed by atoms with Gasteiger partial charge in [-0.3, -0.25) is 18.7 Å². The van der Waals surface area contributed by atoms with Gasteiger partial charge in [0.15, 0.2) is 11.2 Å². The van der Waals surface area contributed by atoms with Gasteiger partial charge in [0, 0.05) is 32.6 Å². The van der Waals surface area contributed by atoms with Crippen molar-refractivity contribution < 1.29 is 15.0 Å². The third-order valence-corrected chi connectivity index (χ3v) is 9.30. The van der Waals surface area contributed by atoms with E-state index in [1.54, 1.807) is 25.2 Å². The Hall–Kier alpha value is -4.96. The van der Waals surface area contributed by atoms with Crippen molar-refractivity contribution in [3.05, 3.63) is 128 Å². The van der Waals surface area contributed by atoms with Gasteiger partial charge in [-0.2, -0.15) is 0 Å². The summed E-state index contributed by atoms with van der Waals surface area (Å²) >= 11 is 0. The summed E-state index contributed by atoms with van der Waals surface area (Å²) in [6, 6.07) is 23.9. The number of aliphatic hydroxyl groups excluding tert-OH is 1. The second-order valence-electron chi connectivity index (χ2n) is 12.2.